The predicted octanol–water partition coefficient (Wildman–Crippen LogP) is 4.51. The minimum absolute atomic E-state index is 0.000813. The molecule has 0 spiro atoms. The molecular formula is C18H22N2OS. The number of nitrogens with one attached hydrogen (secondary N) is 1. The van der Waals surface area contributed by atoms with Crippen LogP contribution >= 0.6 is 11.8 Å². The second kappa shape index (κ2) is 7.36. The van der Waals surface area contributed by atoms with Crippen LogP contribution in [0.25, 0.3) is 0 Å². The Hall–Kier alpha value is -1.94. The second-order valence-corrected chi connectivity index (χ2v) is 7.01. The minimum Gasteiger partial charge on any atom is -0.399 e. The maximum absolute atomic E-state index is 12.2. The molecule has 22 heavy (non-hydrogen) atoms. The third-order valence-electron chi connectivity index (χ3n) is 3.41. The van der Waals surface area contributed by atoms with E-state index in [4.69, 9.17) is 5.73 Å². The molecule has 1 atom stereocenters. The van der Waals surface area contributed by atoms with Gasteiger partial charge in [-0.25, -0.2) is 0 Å². The zero-order valence-corrected chi connectivity index (χ0v) is 14.0. The zero-order valence-electron chi connectivity index (χ0n) is 13.2. The first-order valence-electron chi connectivity index (χ1n) is 7.38. The predicted molar refractivity (Wildman–Crippen MR) is 95.3 cm³/mol. The number of anilines is 2. The Labute approximate surface area is 136 Å². The molecule has 4 heteroatoms. The molecule has 0 aromatic heterocycles. The summed E-state index contributed by atoms with van der Waals surface area (Å²) in [5.41, 5.74) is 8.49. The first kappa shape index (κ1) is 16.4. The van der Waals surface area contributed by atoms with Crippen LogP contribution in [0.15, 0.2) is 53.4 Å². The summed E-state index contributed by atoms with van der Waals surface area (Å²) < 4.78 is 0. The van der Waals surface area contributed by atoms with Crippen molar-refractivity contribution in [2.24, 2.45) is 0 Å². The molecule has 0 aliphatic carbocycles. The van der Waals surface area contributed by atoms with Gasteiger partial charge in [0.1, 0.15) is 0 Å². The molecule has 2 aromatic carbocycles. The number of hydrogen-bond donors (Lipinski definition) is 2. The summed E-state index contributed by atoms with van der Waals surface area (Å²) in [4.78, 5) is 13.3. The second-order valence-electron chi connectivity index (χ2n) is 5.60. The smallest absolute Gasteiger partial charge is 0.237 e. The number of carbonyl (C=O) groups excluding carboxylic acids is 1. The third-order valence-corrected chi connectivity index (χ3v) is 4.52. The van der Waals surface area contributed by atoms with Crippen molar-refractivity contribution in [2.75, 3.05) is 11.1 Å². The summed E-state index contributed by atoms with van der Waals surface area (Å²) in [5, 5.41) is 2.78. The Morgan fingerprint density at radius 3 is 2.14 bits per heavy atom. The average molecular weight is 314 g/mol. The normalized spacial score (nSPS) is 12.2. The first-order chi connectivity index (χ1) is 10.5. The van der Waals surface area contributed by atoms with Crippen molar-refractivity contribution in [3.8, 4) is 0 Å². The summed E-state index contributed by atoms with van der Waals surface area (Å²) in [6.07, 6.45) is 0. The molecule has 0 aliphatic rings. The number of thioether (sulfide) groups is 1. The van der Waals surface area contributed by atoms with Gasteiger partial charge in [0.05, 0.1) is 5.25 Å². The van der Waals surface area contributed by atoms with Gasteiger partial charge in [-0.1, -0.05) is 26.0 Å². The van der Waals surface area contributed by atoms with Gasteiger partial charge in [0.25, 0.3) is 0 Å². The Morgan fingerprint density at radius 2 is 1.59 bits per heavy atom. The lowest BCUT2D eigenvalue weighted by molar-refractivity contribution is -0.115. The van der Waals surface area contributed by atoms with Crippen molar-refractivity contribution in [1.29, 1.82) is 0 Å². The van der Waals surface area contributed by atoms with Gasteiger partial charge in [0, 0.05) is 16.3 Å². The molecule has 1 amide bonds. The van der Waals surface area contributed by atoms with Crippen LogP contribution in [0.4, 0.5) is 11.4 Å². The fraction of sp³-hybridized carbons (Fsp3) is 0.278. The molecule has 0 saturated heterocycles. The van der Waals surface area contributed by atoms with Crippen molar-refractivity contribution in [2.45, 2.75) is 36.8 Å². The van der Waals surface area contributed by atoms with Gasteiger partial charge in [-0.05, 0) is 54.8 Å². The molecular weight excluding hydrogens is 292 g/mol. The lowest BCUT2D eigenvalue weighted by Crippen LogP contribution is -2.22. The van der Waals surface area contributed by atoms with E-state index in [2.05, 4.69) is 31.3 Å². The molecule has 0 bridgehead atoms. The van der Waals surface area contributed by atoms with E-state index in [0.717, 1.165) is 16.3 Å². The van der Waals surface area contributed by atoms with E-state index in [0.29, 0.717) is 5.92 Å². The zero-order chi connectivity index (χ0) is 16.1. The molecule has 0 heterocycles. The van der Waals surface area contributed by atoms with Crippen molar-refractivity contribution in [1.82, 2.24) is 0 Å². The largest absolute Gasteiger partial charge is 0.399 e. The maximum Gasteiger partial charge on any atom is 0.237 e. The molecule has 2 rings (SSSR count). The molecule has 0 fully saturated rings. The van der Waals surface area contributed by atoms with E-state index in [1.54, 1.807) is 0 Å². The molecule has 3 nitrogen and oxygen atoms in total. The maximum atomic E-state index is 12.2. The van der Waals surface area contributed by atoms with E-state index in [1.165, 1.54) is 17.3 Å². The Balaban J connectivity index is 1.94. The fourth-order valence-electron chi connectivity index (χ4n) is 2.00. The third kappa shape index (κ3) is 4.53. The highest BCUT2D eigenvalue weighted by Gasteiger charge is 2.14. The number of carbonyl (C=O) groups is 1. The number of rotatable bonds is 5. The number of nitrogens with two attached hydrogens (primary N) is 1. The minimum atomic E-state index is -0.173. The summed E-state index contributed by atoms with van der Waals surface area (Å²) in [6.45, 7) is 6.21. The van der Waals surface area contributed by atoms with Crippen LogP contribution < -0.4 is 11.1 Å². The molecule has 0 aliphatic heterocycles. The van der Waals surface area contributed by atoms with Gasteiger partial charge in [-0.2, -0.15) is 0 Å². The van der Waals surface area contributed by atoms with Crippen LogP contribution in [0.5, 0.6) is 0 Å². The first-order valence-corrected chi connectivity index (χ1v) is 8.26. The van der Waals surface area contributed by atoms with E-state index in [-0.39, 0.29) is 11.2 Å². The standard InChI is InChI=1S/C18H22N2OS/c1-12(2)14-4-8-16(9-5-14)20-18(21)13(3)22-17-10-6-15(19)7-11-17/h4-13H,19H2,1-3H3,(H,20,21). The highest BCUT2D eigenvalue weighted by Crippen LogP contribution is 2.25. The highest BCUT2D eigenvalue weighted by molar-refractivity contribution is 8.00. The van der Waals surface area contributed by atoms with Crippen LogP contribution in [0.2, 0.25) is 0 Å². The SMILES string of the molecule is CC(Sc1ccc(N)cc1)C(=O)Nc1ccc(C(C)C)cc1. The van der Waals surface area contributed by atoms with Crippen molar-refractivity contribution in [3.05, 3.63) is 54.1 Å². The number of amides is 1. The number of hydrogen-bond acceptors (Lipinski definition) is 3. The van der Waals surface area contributed by atoms with Crippen LogP contribution in [-0.2, 0) is 4.79 Å². The fourth-order valence-corrected chi connectivity index (χ4v) is 2.87. The van der Waals surface area contributed by atoms with Crippen molar-refractivity contribution in [3.63, 3.8) is 0 Å². The van der Waals surface area contributed by atoms with Crippen molar-refractivity contribution < 1.29 is 4.79 Å². The van der Waals surface area contributed by atoms with E-state index in [1.807, 2.05) is 43.3 Å². The van der Waals surface area contributed by atoms with E-state index in [9.17, 15) is 4.79 Å². The monoisotopic (exact) mass is 314 g/mol. The molecule has 2 aromatic rings. The molecule has 1 unspecified atom stereocenters. The van der Waals surface area contributed by atoms with Gasteiger partial charge in [0.2, 0.25) is 5.91 Å². The van der Waals surface area contributed by atoms with Crippen molar-refractivity contribution >= 4 is 29.0 Å². The summed E-state index contributed by atoms with van der Waals surface area (Å²) in [5.74, 6) is 0.490. The van der Waals surface area contributed by atoms with Crippen LogP contribution in [-0.4, -0.2) is 11.2 Å². The van der Waals surface area contributed by atoms with Gasteiger partial charge in [0.15, 0.2) is 0 Å². The van der Waals surface area contributed by atoms with Gasteiger partial charge < -0.3 is 11.1 Å². The molecule has 0 radical (unpaired) electrons. The molecule has 3 N–H and O–H groups in total. The van der Waals surface area contributed by atoms with E-state index < -0.39 is 0 Å². The van der Waals surface area contributed by atoms with Gasteiger partial charge in [-0.3, -0.25) is 4.79 Å². The average Bonchev–Trinajstić information content (AvgIpc) is 2.50. The topological polar surface area (TPSA) is 55.1 Å². The summed E-state index contributed by atoms with van der Waals surface area (Å²) in [7, 11) is 0. The number of benzene rings is 2. The summed E-state index contributed by atoms with van der Waals surface area (Å²) >= 11 is 1.52. The quantitative estimate of drug-likeness (QED) is 0.630. The van der Waals surface area contributed by atoms with E-state index >= 15 is 0 Å². The van der Waals surface area contributed by atoms with Crippen LogP contribution in [0.3, 0.4) is 0 Å². The Morgan fingerprint density at radius 1 is 1.00 bits per heavy atom. The Bertz CT molecular complexity index is 621. The lowest BCUT2D eigenvalue weighted by Gasteiger charge is -2.13. The van der Waals surface area contributed by atoms with Crippen LogP contribution in [0, 0.1) is 0 Å². The lowest BCUT2D eigenvalue weighted by atomic mass is 10.0. The van der Waals surface area contributed by atoms with Gasteiger partial charge >= 0.3 is 0 Å². The van der Waals surface area contributed by atoms with Crippen LogP contribution in [0.1, 0.15) is 32.3 Å². The molecule has 116 valence electrons. The molecule has 0 saturated carbocycles. The van der Waals surface area contributed by atoms with Gasteiger partial charge in [-0.15, -0.1) is 11.8 Å². The number of nitrogen functional groups attached to an aromatic ring is 1. The summed E-state index contributed by atoms with van der Waals surface area (Å²) in [6, 6.07) is 15.6. The Kier molecular flexibility index (Phi) is 5.50. The highest BCUT2D eigenvalue weighted by atomic mass is 32.2.